The number of rotatable bonds is 0. The normalized spacial score (nSPS) is 10.7. The third kappa shape index (κ3) is 6.24. The molecule has 8 aromatic heterocycles. The third-order valence-corrected chi connectivity index (χ3v) is 8.25. The number of pyridine rings is 4. The van der Waals surface area contributed by atoms with Crippen molar-refractivity contribution in [3.63, 3.8) is 0 Å². The summed E-state index contributed by atoms with van der Waals surface area (Å²) >= 11 is 0. The van der Waals surface area contributed by atoms with Gasteiger partial charge in [0.1, 0.15) is 5.65 Å². The van der Waals surface area contributed by atoms with Crippen LogP contribution < -0.4 is 0 Å². The van der Waals surface area contributed by atoms with Crippen molar-refractivity contribution in [1.29, 1.82) is 0 Å². The summed E-state index contributed by atoms with van der Waals surface area (Å²) in [5.41, 5.74) is 10.8. The van der Waals surface area contributed by atoms with Gasteiger partial charge in [0.25, 0.3) is 0 Å². The van der Waals surface area contributed by atoms with Crippen LogP contribution >= 0.6 is 0 Å². The smallest absolute Gasteiger partial charge is 0.139 e. The molecule has 0 radical (unpaired) electrons. The molecule has 8 nitrogen and oxygen atoms in total. The van der Waals surface area contributed by atoms with Crippen LogP contribution in [0.5, 0.6) is 0 Å². The molecule has 0 atom stereocenters. The second-order valence-electron chi connectivity index (χ2n) is 11.1. The molecule has 0 saturated heterocycles. The highest BCUT2D eigenvalue weighted by Gasteiger charge is 2.02. The molecule has 0 spiro atoms. The van der Waals surface area contributed by atoms with Crippen LogP contribution in [0, 0.1) is 27.7 Å². The zero-order valence-electron chi connectivity index (χ0n) is 26.8. The van der Waals surface area contributed by atoms with Gasteiger partial charge in [-0.1, -0.05) is 0 Å². The van der Waals surface area contributed by atoms with Crippen LogP contribution in [0.25, 0.3) is 43.9 Å². The van der Waals surface area contributed by atoms with Gasteiger partial charge in [0, 0.05) is 98.1 Å². The lowest BCUT2D eigenvalue weighted by Crippen LogP contribution is -1.90. The van der Waals surface area contributed by atoms with Crippen LogP contribution in [0.2, 0.25) is 0 Å². The number of hydrogen-bond acceptors (Lipinski definition) is 4. The predicted octanol–water partition coefficient (Wildman–Crippen LogP) is 7.53. The maximum Gasteiger partial charge on any atom is 0.139 e. The van der Waals surface area contributed by atoms with Crippen LogP contribution in [0.1, 0.15) is 22.8 Å². The molecule has 8 heterocycles. The zero-order valence-corrected chi connectivity index (χ0v) is 26.8. The van der Waals surface area contributed by atoms with E-state index in [1.807, 2.05) is 68.5 Å². The number of fused-ring (bicyclic) bond motifs is 4. The molecule has 0 aliphatic heterocycles. The number of nitrogens with zero attached hydrogens (tertiary/aromatic N) is 8. The Labute approximate surface area is 258 Å². The van der Waals surface area contributed by atoms with Crippen molar-refractivity contribution in [3.05, 3.63) is 121 Å². The summed E-state index contributed by atoms with van der Waals surface area (Å²) in [4.78, 5) is 16.6. The van der Waals surface area contributed by atoms with E-state index in [4.69, 9.17) is 0 Å². The summed E-state index contributed by atoms with van der Waals surface area (Å²) in [6.45, 7) is 8.36. The van der Waals surface area contributed by atoms with Gasteiger partial charge >= 0.3 is 0 Å². The third-order valence-electron chi connectivity index (χ3n) is 8.25. The Morgan fingerprint density at radius 1 is 0.455 bits per heavy atom. The maximum atomic E-state index is 4.26. The van der Waals surface area contributed by atoms with Gasteiger partial charge in [-0.2, -0.15) is 0 Å². The molecule has 0 unspecified atom stereocenters. The molecule has 0 amide bonds. The largest absolute Gasteiger partial charge is 0.348 e. The highest BCUT2D eigenvalue weighted by atomic mass is 15.0. The molecule has 44 heavy (non-hydrogen) atoms. The zero-order chi connectivity index (χ0) is 31.4. The van der Waals surface area contributed by atoms with Gasteiger partial charge in [-0.05, 0) is 88.4 Å². The minimum absolute atomic E-state index is 1.06. The van der Waals surface area contributed by atoms with Gasteiger partial charge < -0.3 is 18.3 Å². The lowest BCUT2D eigenvalue weighted by molar-refractivity contribution is 0.902. The van der Waals surface area contributed by atoms with Crippen molar-refractivity contribution in [2.45, 2.75) is 27.7 Å². The van der Waals surface area contributed by atoms with Crippen molar-refractivity contribution in [2.75, 3.05) is 0 Å². The van der Waals surface area contributed by atoms with Gasteiger partial charge in [-0.3, -0.25) is 15.0 Å². The van der Waals surface area contributed by atoms with E-state index in [0.29, 0.717) is 0 Å². The highest BCUT2D eigenvalue weighted by molar-refractivity contribution is 5.81. The second kappa shape index (κ2) is 13.0. The quantitative estimate of drug-likeness (QED) is 0.185. The summed E-state index contributed by atoms with van der Waals surface area (Å²) in [6.07, 6.45) is 11.1. The first kappa shape index (κ1) is 30.2. The summed E-state index contributed by atoms with van der Waals surface area (Å²) in [5, 5.41) is 3.69. The summed E-state index contributed by atoms with van der Waals surface area (Å²) in [7, 11) is 8.21. The Balaban J connectivity index is 0.000000116. The number of hydrogen-bond donors (Lipinski definition) is 0. The predicted molar refractivity (Wildman–Crippen MR) is 182 cm³/mol. The van der Waals surface area contributed by atoms with Gasteiger partial charge in [0.15, 0.2) is 0 Å². The lowest BCUT2D eigenvalue weighted by atomic mass is 10.3. The molecule has 224 valence electrons. The minimum Gasteiger partial charge on any atom is -0.348 e. The van der Waals surface area contributed by atoms with E-state index in [9.17, 15) is 0 Å². The van der Waals surface area contributed by atoms with Gasteiger partial charge in [-0.25, -0.2) is 4.98 Å². The molecule has 8 heteroatoms. The van der Waals surface area contributed by atoms with E-state index in [2.05, 4.69) is 123 Å². The van der Waals surface area contributed by atoms with E-state index in [-0.39, 0.29) is 0 Å². The van der Waals surface area contributed by atoms with E-state index < -0.39 is 0 Å². The van der Waals surface area contributed by atoms with Crippen molar-refractivity contribution >= 4 is 43.9 Å². The number of aryl methyl sites for hydroxylation is 8. The van der Waals surface area contributed by atoms with Crippen LogP contribution in [-0.2, 0) is 28.2 Å². The van der Waals surface area contributed by atoms with Crippen LogP contribution in [0.4, 0.5) is 0 Å². The van der Waals surface area contributed by atoms with E-state index in [0.717, 1.165) is 11.2 Å². The molecule has 0 aromatic carbocycles. The monoisotopic (exact) mass is 584 g/mol. The fourth-order valence-electron chi connectivity index (χ4n) is 5.22. The Bertz CT molecular complexity index is 1860. The molecule has 8 rings (SSSR count). The van der Waals surface area contributed by atoms with Crippen molar-refractivity contribution in [1.82, 2.24) is 38.2 Å². The fourth-order valence-corrected chi connectivity index (χ4v) is 5.22. The van der Waals surface area contributed by atoms with Crippen LogP contribution in [0.15, 0.2) is 97.8 Å². The summed E-state index contributed by atoms with van der Waals surface area (Å²) < 4.78 is 8.54. The number of aromatic nitrogens is 8. The van der Waals surface area contributed by atoms with Gasteiger partial charge in [0.2, 0.25) is 0 Å². The SMILES string of the molecule is Cc1cc2cccnc2n1C.Cc1cc2ccncc2n1C.Cc1cc2cnccc2n1C.Cc1cc2ncccc2n1C. The maximum absolute atomic E-state index is 4.26. The Kier molecular flexibility index (Phi) is 8.90. The molecule has 0 saturated carbocycles. The van der Waals surface area contributed by atoms with Crippen LogP contribution in [0.3, 0.4) is 0 Å². The summed E-state index contributed by atoms with van der Waals surface area (Å²) in [6, 6.07) is 20.7. The first-order valence-corrected chi connectivity index (χ1v) is 14.6. The highest BCUT2D eigenvalue weighted by Crippen LogP contribution is 2.17. The average Bonchev–Trinajstić information content (AvgIpc) is 3.71. The van der Waals surface area contributed by atoms with E-state index >= 15 is 0 Å². The summed E-state index contributed by atoms with van der Waals surface area (Å²) in [5.74, 6) is 0. The van der Waals surface area contributed by atoms with Crippen molar-refractivity contribution < 1.29 is 0 Å². The molecular formula is C36H40N8. The first-order valence-electron chi connectivity index (χ1n) is 14.6. The van der Waals surface area contributed by atoms with Gasteiger partial charge in [0.05, 0.1) is 28.3 Å². The Morgan fingerprint density at radius 3 is 1.73 bits per heavy atom. The topological polar surface area (TPSA) is 71.3 Å². The molecule has 8 aromatic rings. The van der Waals surface area contributed by atoms with Crippen LogP contribution in [-0.4, -0.2) is 38.2 Å². The molecule has 0 N–H and O–H groups in total. The average molecular weight is 585 g/mol. The molecule has 0 aliphatic carbocycles. The van der Waals surface area contributed by atoms with Crippen molar-refractivity contribution in [3.8, 4) is 0 Å². The minimum atomic E-state index is 1.06. The van der Waals surface area contributed by atoms with Crippen molar-refractivity contribution in [2.24, 2.45) is 28.2 Å². The Hall–Kier alpha value is -5.24. The van der Waals surface area contributed by atoms with E-state index in [1.54, 1.807) is 0 Å². The van der Waals surface area contributed by atoms with Gasteiger partial charge in [-0.15, -0.1) is 0 Å². The first-order chi connectivity index (χ1) is 21.2. The fraction of sp³-hybridized carbons (Fsp3) is 0.222. The molecule has 0 aliphatic rings. The Morgan fingerprint density at radius 2 is 1.02 bits per heavy atom. The molecular weight excluding hydrogens is 544 g/mol. The standard InChI is InChI=1S/4C9H10N2/c1-7-5-8-6-10-4-3-9(8)11(7)2;1-7-5-8-3-4-10-6-9(8)11(7)2;1-7-6-8-9(11(7)2)4-3-5-10-8;1-7-6-8-4-3-5-10-9(8)11(7)2/h4*3-6H,1-2H3. The second-order valence-corrected chi connectivity index (χ2v) is 11.1. The molecule has 0 bridgehead atoms. The molecule has 0 fully saturated rings. The van der Waals surface area contributed by atoms with E-state index in [1.165, 1.54) is 55.5 Å². The lowest BCUT2D eigenvalue weighted by Gasteiger charge is -1.96.